The van der Waals surface area contributed by atoms with Crippen molar-refractivity contribution in [3.05, 3.63) is 29.3 Å². The number of aryl methyl sites for hydroxylation is 1. The fraction of sp³-hybridized carbons (Fsp3) is 0.273. The Morgan fingerprint density at radius 1 is 1.57 bits per heavy atom. The topological polar surface area (TPSA) is 47.3 Å². The molecule has 0 aliphatic carbocycles. The van der Waals surface area contributed by atoms with Crippen LogP contribution >= 0.6 is 0 Å². The van der Waals surface area contributed by atoms with E-state index in [1.54, 1.807) is 7.11 Å². The number of methoxy groups -OCH3 is 1. The average molecular weight is 190 g/mol. The lowest BCUT2D eigenvalue weighted by molar-refractivity contribution is 0.405. The predicted molar refractivity (Wildman–Crippen MR) is 56.6 cm³/mol. The average Bonchev–Trinajstić information content (AvgIpc) is 2.20. The zero-order chi connectivity index (χ0) is 10.6. The molecule has 0 aromatic heterocycles. The molecular weight excluding hydrogens is 176 g/mol. The van der Waals surface area contributed by atoms with Crippen LogP contribution in [0.3, 0.4) is 0 Å². The third-order valence-electron chi connectivity index (χ3n) is 2.03. The van der Waals surface area contributed by atoms with Gasteiger partial charge in [-0.05, 0) is 19.1 Å². The molecular formula is C11H14N2O. The molecule has 0 radical (unpaired) electrons. The Kier molecular flexibility index (Phi) is 3.52. The van der Waals surface area contributed by atoms with Gasteiger partial charge in [-0.25, -0.2) is 5.43 Å². The molecule has 1 atom stereocenters. The van der Waals surface area contributed by atoms with Gasteiger partial charge in [0.2, 0.25) is 0 Å². The van der Waals surface area contributed by atoms with E-state index < -0.39 is 0 Å². The predicted octanol–water partition coefficient (Wildman–Crippen LogP) is 1.14. The summed E-state index contributed by atoms with van der Waals surface area (Å²) in [5.41, 5.74) is 4.56. The van der Waals surface area contributed by atoms with Crippen LogP contribution in [-0.2, 0) is 0 Å². The molecule has 0 saturated heterocycles. The molecule has 1 aromatic carbocycles. The summed E-state index contributed by atoms with van der Waals surface area (Å²) in [6.07, 6.45) is 5.34. The van der Waals surface area contributed by atoms with Crippen LogP contribution in [0.1, 0.15) is 17.2 Å². The molecule has 0 amide bonds. The van der Waals surface area contributed by atoms with Gasteiger partial charge in [0, 0.05) is 5.56 Å². The number of hydrazine groups is 1. The molecule has 3 nitrogen and oxygen atoms in total. The van der Waals surface area contributed by atoms with E-state index in [4.69, 9.17) is 17.0 Å². The van der Waals surface area contributed by atoms with Crippen molar-refractivity contribution < 1.29 is 4.74 Å². The summed E-state index contributed by atoms with van der Waals surface area (Å²) >= 11 is 0. The van der Waals surface area contributed by atoms with E-state index in [1.807, 2.05) is 25.1 Å². The molecule has 14 heavy (non-hydrogen) atoms. The highest BCUT2D eigenvalue weighted by atomic mass is 16.5. The quantitative estimate of drug-likeness (QED) is 0.427. The molecule has 1 rings (SSSR count). The molecule has 0 heterocycles. The highest BCUT2D eigenvalue weighted by molar-refractivity contribution is 5.41. The van der Waals surface area contributed by atoms with Crippen LogP contribution in [0.15, 0.2) is 18.2 Å². The van der Waals surface area contributed by atoms with Crippen molar-refractivity contribution in [3.8, 4) is 18.1 Å². The SMILES string of the molecule is C#CC(NN)c1cc(C)ccc1OC. The van der Waals surface area contributed by atoms with Gasteiger partial charge >= 0.3 is 0 Å². The lowest BCUT2D eigenvalue weighted by Crippen LogP contribution is -2.27. The highest BCUT2D eigenvalue weighted by Crippen LogP contribution is 2.25. The summed E-state index contributed by atoms with van der Waals surface area (Å²) in [5, 5.41) is 0. The molecule has 1 unspecified atom stereocenters. The van der Waals surface area contributed by atoms with E-state index in [-0.39, 0.29) is 6.04 Å². The fourth-order valence-electron chi connectivity index (χ4n) is 1.31. The van der Waals surface area contributed by atoms with Crippen LogP contribution in [0.5, 0.6) is 5.75 Å². The number of hydrogen-bond donors (Lipinski definition) is 2. The third-order valence-corrected chi connectivity index (χ3v) is 2.03. The van der Waals surface area contributed by atoms with E-state index in [1.165, 1.54) is 0 Å². The van der Waals surface area contributed by atoms with Crippen LogP contribution in [0.2, 0.25) is 0 Å². The molecule has 3 heteroatoms. The van der Waals surface area contributed by atoms with Crippen LogP contribution in [0, 0.1) is 19.3 Å². The smallest absolute Gasteiger partial charge is 0.124 e. The van der Waals surface area contributed by atoms with Crippen molar-refractivity contribution in [1.29, 1.82) is 0 Å². The zero-order valence-corrected chi connectivity index (χ0v) is 8.37. The summed E-state index contributed by atoms with van der Waals surface area (Å²) in [4.78, 5) is 0. The first-order valence-electron chi connectivity index (χ1n) is 4.29. The minimum Gasteiger partial charge on any atom is -0.496 e. The Labute approximate surface area is 84.2 Å². The maximum absolute atomic E-state index is 5.34. The number of benzene rings is 1. The van der Waals surface area contributed by atoms with E-state index in [2.05, 4.69) is 11.3 Å². The third kappa shape index (κ3) is 2.05. The van der Waals surface area contributed by atoms with E-state index in [0.29, 0.717) is 0 Å². The van der Waals surface area contributed by atoms with E-state index in [0.717, 1.165) is 16.9 Å². The Balaban J connectivity index is 3.16. The second kappa shape index (κ2) is 4.66. The Hall–Kier alpha value is -1.50. The van der Waals surface area contributed by atoms with Gasteiger partial charge in [-0.2, -0.15) is 0 Å². The Morgan fingerprint density at radius 2 is 2.29 bits per heavy atom. The highest BCUT2D eigenvalue weighted by Gasteiger charge is 2.11. The van der Waals surface area contributed by atoms with Gasteiger partial charge in [0.1, 0.15) is 11.8 Å². The number of nitrogens with one attached hydrogen (secondary N) is 1. The minimum atomic E-state index is -0.315. The largest absolute Gasteiger partial charge is 0.496 e. The van der Waals surface area contributed by atoms with Gasteiger partial charge in [0.15, 0.2) is 0 Å². The Morgan fingerprint density at radius 3 is 2.79 bits per heavy atom. The summed E-state index contributed by atoms with van der Waals surface area (Å²) in [6, 6.07) is 5.49. The molecule has 0 fully saturated rings. The van der Waals surface area contributed by atoms with Crippen LogP contribution in [0.4, 0.5) is 0 Å². The van der Waals surface area contributed by atoms with Crippen molar-refractivity contribution in [1.82, 2.24) is 5.43 Å². The number of terminal acetylenes is 1. The van der Waals surface area contributed by atoms with Crippen molar-refractivity contribution in [2.24, 2.45) is 5.84 Å². The summed E-state index contributed by atoms with van der Waals surface area (Å²) in [5.74, 6) is 8.64. The van der Waals surface area contributed by atoms with Gasteiger partial charge in [-0.1, -0.05) is 17.6 Å². The first kappa shape index (κ1) is 10.6. The van der Waals surface area contributed by atoms with Crippen molar-refractivity contribution in [2.75, 3.05) is 7.11 Å². The first-order valence-corrected chi connectivity index (χ1v) is 4.29. The molecule has 1 aromatic rings. The molecule has 0 aliphatic heterocycles. The first-order chi connectivity index (χ1) is 6.72. The van der Waals surface area contributed by atoms with E-state index in [9.17, 15) is 0 Å². The lowest BCUT2D eigenvalue weighted by atomic mass is 10.0. The zero-order valence-electron chi connectivity index (χ0n) is 8.37. The molecule has 0 saturated carbocycles. The fourth-order valence-corrected chi connectivity index (χ4v) is 1.31. The normalized spacial score (nSPS) is 11.9. The molecule has 0 bridgehead atoms. The van der Waals surface area contributed by atoms with Crippen LogP contribution in [0.25, 0.3) is 0 Å². The minimum absolute atomic E-state index is 0.315. The maximum atomic E-state index is 5.34. The second-order valence-corrected chi connectivity index (χ2v) is 3.01. The number of hydrogen-bond acceptors (Lipinski definition) is 3. The summed E-state index contributed by atoms with van der Waals surface area (Å²) < 4.78 is 5.19. The van der Waals surface area contributed by atoms with Crippen molar-refractivity contribution in [2.45, 2.75) is 13.0 Å². The van der Waals surface area contributed by atoms with Crippen molar-refractivity contribution >= 4 is 0 Å². The molecule has 0 aliphatic rings. The summed E-state index contributed by atoms with van der Waals surface area (Å²) in [7, 11) is 1.61. The summed E-state index contributed by atoms with van der Waals surface area (Å²) in [6.45, 7) is 1.99. The van der Waals surface area contributed by atoms with Gasteiger partial charge in [-0.3, -0.25) is 5.84 Å². The molecule has 0 spiro atoms. The van der Waals surface area contributed by atoms with Crippen LogP contribution < -0.4 is 16.0 Å². The van der Waals surface area contributed by atoms with Gasteiger partial charge < -0.3 is 4.74 Å². The van der Waals surface area contributed by atoms with E-state index >= 15 is 0 Å². The van der Waals surface area contributed by atoms with Gasteiger partial charge in [0.05, 0.1) is 7.11 Å². The number of nitrogens with two attached hydrogens (primary N) is 1. The standard InChI is InChI=1S/C11H14N2O/c1-4-10(13-12)9-7-8(2)5-6-11(9)14-3/h1,5-7,10,13H,12H2,2-3H3. The monoisotopic (exact) mass is 190 g/mol. The van der Waals surface area contributed by atoms with Crippen LogP contribution in [-0.4, -0.2) is 7.11 Å². The van der Waals surface area contributed by atoms with Gasteiger partial charge in [0.25, 0.3) is 0 Å². The lowest BCUT2D eigenvalue weighted by Gasteiger charge is -2.14. The van der Waals surface area contributed by atoms with Crippen molar-refractivity contribution in [3.63, 3.8) is 0 Å². The number of rotatable bonds is 3. The molecule has 3 N–H and O–H groups in total. The Bertz CT molecular complexity index is 355. The van der Waals surface area contributed by atoms with Gasteiger partial charge in [-0.15, -0.1) is 6.42 Å². The molecule has 74 valence electrons. The number of ether oxygens (including phenoxy) is 1. The maximum Gasteiger partial charge on any atom is 0.124 e. The second-order valence-electron chi connectivity index (χ2n) is 3.01.